The van der Waals surface area contributed by atoms with Gasteiger partial charge in [0.15, 0.2) is 11.6 Å². The van der Waals surface area contributed by atoms with Crippen LogP contribution in [0.5, 0.6) is 0 Å². The molecular weight excluding hydrogens is 585 g/mol. The minimum atomic E-state index is 0.0743. The van der Waals surface area contributed by atoms with E-state index in [1.807, 2.05) is 0 Å². The van der Waals surface area contributed by atoms with Crippen molar-refractivity contribution in [1.29, 1.82) is 0 Å². The molecular formula is C46H72O2. The van der Waals surface area contributed by atoms with E-state index in [1.54, 1.807) is 0 Å². The molecule has 268 valence electrons. The quantitative estimate of drug-likeness (QED) is 0.0729. The first kappa shape index (κ1) is 40.2. The number of fused-ring (bicyclic) bond motifs is 2. The molecule has 0 saturated carbocycles. The fraction of sp³-hybridized carbons (Fsp3) is 0.696. The van der Waals surface area contributed by atoms with Gasteiger partial charge in [-0.3, -0.25) is 9.59 Å². The van der Waals surface area contributed by atoms with E-state index in [-0.39, 0.29) is 11.6 Å². The summed E-state index contributed by atoms with van der Waals surface area (Å²) in [4.78, 5) is 28.5. The largest absolute Gasteiger partial charge is 0.289 e. The number of carbonyl (C=O) groups excluding carboxylic acids is 2. The lowest BCUT2D eigenvalue weighted by Gasteiger charge is -2.23. The maximum absolute atomic E-state index is 14.2. The molecule has 0 saturated heterocycles. The van der Waals surface area contributed by atoms with Gasteiger partial charge in [-0.25, -0.2) is 0 Å². The normalized spacial score (nSPS) is 12.5. The average molecular weight is 657 g/mol. The van der Waals surface area contributed by atoms with Crippen LogP contribution in [0.4, 0.5) is 0 Å². The zero-order valence-electron chi connectivity index (χ0n) is 31.9. The number of hydrogen-bond donors (Lipinski definition) is 0. The number of carbonyl (C=O) groups is 2. The van der Waals surface area contributed by atoms with Gasteiger partial charge < -0.3 is 0 Å². The molecule has 0 aromatic heterocycles. The van der Waals surface area contributed by atoms with Crippen LogP contribution in [-0.4, -0.2) is 11.6 Å². The Morgan fingerprint density at radius 1 is 0.292 bits per heavy atom. The Balaban J connectivity index is 1.85. The van der Waals surface area contributed by atoms with Gasteiger partial charge in [-0.2, -0.15) is 0 Å². The molecule has 0 radical (unpaired) electrons. The van der Waals surface area contributed by atoms with Crippen molar-refractivity contribution in [3.63, 3.8) is 0 Å². The number of benzene rings is 2. The number of ketones is 2. The van der Waals surface area contributed by atoms with E-state index < -0.39 is 0 Å². The van der Waals surface area contributed by atoms with Crippen molar-refractivity contribution < 1.29 is 9.59 Å². The van der Waals surface area contributed by atoms with Gasteiger partial charge in [0.05, 0.1) is 0 Å². The van der Waals surface area contributed by atoms with E-state index in [2.05, 4.69) is 52.0 Å². The highest BCUT2D eigenvalue weighted by atomic mass is 16.1. The summed E-state index contributed by atoms with van der Waals surface area (Å²) >= 11 is 0. The molecule has 0 aliphatic heterocycles. The van der Waals surface area contributed by atoms with E-state index in [0.717, 1.165) is 51.4 Å². The van der Waals surface area contributed by atoms with Crippen LogP contribution in [0.2, 0.25) is 0 Å². The molecule has 0 N–H and O–H groups in total. The van der Waals surface area contributed by atoms with E-state index in [4.69, 9.17) is 0 Å². The molecule has 2 nitrogen and oxygen atoms in total. The zero-order chi connectivity index (χ0) is 34.4. The standard InChI is InChI=1S/C46H72O2/c1-5-9-13-17-21-25-29-37-33-41-42(34-38(37)30-26-22-18-14-10-6-2)46(48)44-36-40(32-28-24-20-16-12-8-4)39(35-43(44)45(41)47)31-27-23-19-15-11-7-3/h33-36H,5-32H2,1-4H3. The summed E-state index contributed by atoms with van der Waals surface area (Å²) in [7, 11) is 0. The molecule has 1 aliphatic rings. The summed E-state index contributed by atoms with van der Waals surface area (Å²) in [5, 5.41) is 0. The van der Waals surface area contributed by atoms with Gasteiger partial charge >= 0.3 is 0 Å². The predicted molar refractivity (Wildman–Crippen MR) is 208 cm³/mol. The summed E-state index contributed by atoms with van der Waals surface area (Å²) in [6, 6.07) is 8.59. The minimum Gasteiger partial charge on any atom is -0.289 e. The van der Waals surface area contributed by atoms with Crippen molar-refractivity contribution >= 4 is 11.6 Å². The highest BCUT2D eigenvalue weighted by molar-refractivity contribution is 6.28. The Morgan fingerprint density at radius 3 is 0.688 bits per heavy atom. The minimum absolute atomic E-state index is 0.0743. The van der Waals surface area contributed by atoms with Gasteiger partial charge in [0, 0.05) is 22.3 Å². The SMILES string of the molecule is CCCCCCCCc1cc2c(cc1CCCCCCCC)C(=O)c1cc(CCCCCCCC)c(CCCCCCCC)cc1C2=O. The molecule has 0 amide bonds. The Morgan fingerprint density at radius 2 is 0.479 bits per heavy atom. The molecule has 0 unspecified atom stereocenters. The third kappa shape index (κ3) is 13.2. The molecule has 0 spiro atoms. The van der Waals surface area contributed by atoms with Crippen molar-refractivity contribution in [2.75, 3.05) is 0 Å². The lowest BCUT2D eigenvalue weighted by atomic mass is 9.78. The third-order valence-corrected chi connectivity index (χ3v) is 10.9. The molecule has 3 rings (SSSR count). The molecule has 0 heterocycles. The lowest BCUT2D eigenvalue weighted by Crippen LogP contribution is -2.23. The van der Waals surface area contributed by atoms with Gasteiger partial charge in [0.2, 0.25) is 0 Å². The molecule has 0 bridgehead atoms. The first-order valence-corrected chi connectivity index (χ1v) is 21.0. The highest BCUT2D eigenvalue weighted by Crippen LogP contribution is 2.34. The van der Waals surface area contributed by atoms with Gasteiger partial charge in [0.1, 0.15) is 0 Å². The second-order valence-electron chi connectivity index (χ2n) is 15.1. The summed E-state index contributed by atoms with van der Waals surface area (Å²) < 4.78 is 0. The van der Waals surface area contributed by atoms with Crippen molar-refractivity contribution in [3.05, 3.63) is 68.8 Å². The van der Waals surface area contributed by atoms with Gasteiger partial charge in [-0.05, 0) is 97.9 Å². The van der Waals surface area contributed by atoms with Crippen molar-refractivity contribution in [2.24, 2.45) is 0 Å². The Hall–Kier alpha value is -2.22. The molecule has 2 aromatic carbocycles. The summed E-state index contributed by atoms with van der Waals surface area (Å²) in [6.07, 6.45) is 34.5. The first-order valence-electron chi connectivity index (χ1n) is 21.0. The Kier molecular flexibility index (Phi) is 20.1. The molecule has 1 aliphatic carbocycles. The molecule has 2 heteroatoms. The van der Waals surface area contributed by atoms with Gasteiger partial charge in [-0.1, -0.05) is 156 Å². The number of hydrogen-bond acceptors (Lipinski definition) is 2. The maximum Gasteiger partial charge on any atom is 0.194 e. The first-order chi connectivity index (χ1) is 23.5. The highest BCUT2D eigenvalue weighted by Gasteiger charge is 2.32. The van der Waals surface area contributed by atoms with E-state index in [0.29, 0.717) is 22.3 Å². The van der Waals surface area contributed by atoms with E-state index >= 15 is 0 Å². The smallest absolute Gasteiger partial charge is 0.194 e. The van der Waals surface area contributed by atoms with Crippen LogP contribution in [-0.2, 0) is 25.7 Å². The van der Waals surface area contributed by atoms with Crippen LogP contribution in [0.1, 0.15) is 236 Å². The zero-order valence-corrected chi connectivity index (χ0v) is 31.9. The van der Waals surface area contributed by atoms with Crippen molar-refractivity contribution in [1.82, 2.24) is 0 Å². The number of aryl methyl sites for hydroxylation is 4. The molecule has 2 aromatic rings. The molecule has 0 atom stereocenters. The second-order valence-corrected chi connectivity index (χ2v) is 15.1. The lowest BCUT2D eigenvalue weighted by molar-refractivity contribution is 0.0978. The fourth-order valence-corrected chi connectivity index (χ4v) is 7.73. The topological polar surface area (TPSA) is 34.1 Å². The monoisotopic (exact) mass is 657 g/mol. The Labute approximate surface area is 296 Å². The van der Waals surface area contributed by atoms with Crippen LogP contribution >= 0.6 is 0 Å². The van der Waals surface area contributed by atoms with Crippen LogP contribution in [0.25, 0.3) is 0 Å². The average Bonchev–Trinajstić information content (AvgIpc) is 3.10. The van der Waals surface area contributed by atoms with Crippen LogP contribution < -0.4 is 0 Å². The predicted octanol–water partition coefficient (Wildman–Crippen LogP) is 14.1. The number of rotatable bonds is 28. The molecule has 48 heavy (non-hydrogen) atoms. The van der Waals surface area contributed by atoms with Crippen LogP contribution in [0.15, 0.2) is 24.3 Å². The van der Waals surface area contributed by atoms with Gasteiger partial charge in [-0.15, -0.1) is 0 Å². The second kappa shape index (κ2) is 24.0. The van der Waals surface area contributed by atoms with Crippen LogP contribution in [0.3, 0.4) is 0 Å². The van der Waals surface area contributed by atoms with Crippen molar-refractivity contribution in [3.8, 4) is 0 Å². The van der Waals surface area contributed by atoms with E-state index in [9.17, 15) is 9.59 Å². The molecule has 0 fully saturated rings. The third-order valence-electron chi connectivity index (χ3n) is 10.9. The maximum atomic E-state index is 14.2. The fourth-order valence-electron chi connectivity index (χ4n) is 7.73. The summed E-state index contributed by atoms with van der Waals surface area (Å²) in [5.41, 5.74) is 7.90. The Bertz CT molecular complexity index is 1040. The number of unbranched alkanes of at least 4 members (excludes halogenated alkanes) is 20. The van der Waals surface area contributed by atoms with Gasteiger partial charge in [0.25, 0.3) is 0 Å². The van der Waals surface area contributed by atoms with Crippen molar-refractivity contribution in [2.45, 2.75) is 207 Å². The summed E-state index contributed by atoms with van der Waals surface area (Å²) in [5.74, 6) is 0.149. The van der Waals surface area contributed by atoms with E-state index in [1.165, 1.54) is 151 Å². The van der Waals surface area contributed by atoms with Crippen LogP contribution in [0, 0.1) is 0 Å². The summed E-state index contributed by atoms with van der Waals surface area (Å²) in [6.45, 7) is 9.08.